The molecule has 0 aliphatic carbocycles. The maximum atomic E-state index is 13.1. The molecule has 0 amide bonds. The molecule has 4 aromatic rings. The predicted octanol–water partition coefficient (Wildman–Crippen LogP) is 3.13. The van der Waals surface area contributed by atoms with Gasteiger partial charge in [-0.25, -0.2) is 14.8 Å². The largest absolute Gasteiger partial charge is 0.465 e. The Balaban J connectivity index is 1.59. The summed E-state index contributed by atoms with van der Waals surface area (Å²) in [6, 6.07) is 15.0. The number of methoxy groups -OCH3 is 1. The van der Waals surface area contributed by atoms with Crippen LogP contribution in [0.4, 0.5) is 11.5 Å². The minimum atomic E-state index is -0.596. The summed E-state index contributed by atoms with van der Waals surface area (Å²) in [5.74, 6) is -0.366. The number of Topliss-reactive ketones (excluding diaryl/α,β-unsaturated/α-hetero) is 1. The van der Waals surface area contributed by atoms with E-state index in [9.17, 15) is 19.2 Å². The minimum Gasteiger partial charge on any atom is -0.465 e. The van der Waals surface area contributed by atoms with Crippen LogP contribution in [0, 0.1) is 0 Å². The molecular formula is C25H20N2O6. The molecular weight excluding hydrogens is 424 g/mol. The average molecular weight is 444 g/mol. The zero-order valence-electron chi connectivity index (χ0n) is 18.0. The van der Waals surface area contributed by atoms with E-state index in [1.807, 2.05) is 0 Å². The highest BCUT2D eigenvalue weighted by molar-refractivity contribution is 6.04. The van der Waals surface area contributed by atoms with Crippen LogP contribution in [0.2, 0.25) is 0 Å². The second kappa shape index (κ2) is 9.13. The molecule has 0 aliphatic heterocycles. The van der Waals surface area contributed by atoms with Gasteiger partial charge in [0.25, 0.3) is 0 Å². The maximum Gasteiger partial charge on any atom is 0.337 e. The number of ketones is 1. The Morgan fingerprint density at radius 3 is 2.39 bits per heavy atom. The monoisotopic (exact) mass is 444 g/mol. The molecule has 3 aromatic carbocycles. The fourth-order valence-corrected chi connectivity index (χ4v) is 3.70. The summed E-state index contributed by atoms with van der Waals surface area (Å²) in [4.78, 5) is 58.4. The second-order valence-corrected chi connectivity index (χ2v) is 7.32. The van der Waals surface area contributed by atoms with Crippen molar-refractivity contribution in [2.24, 2.45) is 0 Å². The van der Waals surface area contributed by atoms with Crippen LogP contribution < -0.4 is 15.9 Å². The lowest BCUT2D eigenvalue weighted by Gasteiger charge is -2.24. The van der Waals surface area contributed by atoms with Crippen molar-refractivity contribution >= 4 is 34.0 Å². The topological polar surface area (TPSA) is 103 Å². The molecule has 0 bridgehead atoms. The molecule has 0 saturated heterocycles. The van der Waals surface area contributed by atoms with Crippen LogP contribution in [0.1, 0.15) is 32.7 Å². The molecule has 0 N–H and O–H groups in total. The number of benzene rings is 2. The van der Waals surface area contributed by atoms with E-state index in [0.717, 1.165) is 5.56 Å². The summed E-state index contributed by atoms with van der Waals surface area (Å²) in [5, 5.41) is 1.86. The van der Waals surface area contributed by atoms with Crippen LogP contribution in [0.15, 0.2) is 70.4 Å². The summed E-state index contributed by atoms with van der Waals surface area (Å²) < 4.78 is 4.69. The molecule has 0 aliphatic rings. The van der Waals surface area contributed by atoms with E-state index in [1.54, 1.807) is 54.6 Å². The Hall–Kier alpha value is -4.17. The van der Waals surface area contributed by atoms with Gasteiger partial charge in [0, 0.05) is 18.0 Å². The number of pyridine rings is 1. The van der Waals surface area contributed by atoms with Crippen LogP contribution in [0.25, 0.3) is 10.8 Å². The van der Waals surface area contributed by atoms with E-state index in [0.29, 0.717) is 28.6 Å². The number of ether oxygens (including phenoxy) is 1. The quantitative estimate of drug-likeness (QED) is 0.177. The van der Waals surface area contributed by atoms with Crippen molar-refractivity contribution in [1.29, 1.82) is 0 Å². The van der Waals surface area contributed by atoms with Crippen LogP contribution in [-0.2, 0) is 16.0 Å². The number of carbonyl (C=O) groups is 2. The number of rotatable bonds is 8. The van der Waals surface area contributed by atoms with Crippen molar-refractivity contribution in [3.05, 3.63) is 97.9 Å². The van der Waals surface area contributed by atoms with Crippen molar-refractivity contribution < 1.29 is 19.2 Å². The Morgan fingerprint density at radius 1 is 0.939 bits per heavy atom. The molecule has 0 fully saturated rings. The van der Waals surface area contributed by atoms with Gasteiger partial charge in [0.1, 0.15) is 0 Å². The number of nitrogens with zero attached hydrogens (tertiary/aromatic N) is 2. The van der Waals surface area contributed by atoms with Crippen LogP contribution >= 0.6 is 0 Å². The predicted molar refractivity (Wildman–Crippen MR) is 123 cm³/mol. The fourth-order valence-electron chi connectivity index (χ4n) is 3.70. The highest BCUT2D eigenvalue weighted by Crippen LogP contribution is 2.32. The summed E-state index contributed by atoms with van der Waals surface area (Å²) in [6.45, 7) is 0. The van der Waals surface area contributed by atoms with E-state index in [4.69, 9.17) is 9.57 Å². The van der Waals surface area contributed by atoms with E-state index >= 15 is 0 Å². The molecule has 1 heterocycles. The minimum absolute atomic E-state index is 0.172. The first-order valence-corrected chi connectivity index (χ1v) is 10.2. The SMILES string of the molecule is COC(=O)c1ccc(CCC(=O)c2cccnc2N(OC)c2cccc3c(=O)c(=O)c23)cc1. The molecule has 166 valence electrons. The number of aromatic nitrogens is 1. The molecule has 0 saturated carbocycles. The number of hydrogen-bond donors (Lipinski definition) is 0. The van der Waals surface area contributed by atoms with Gasteiger partial charge in [-0.1, -0.05) is 24.3 Å². The Morgan fingerprint density at radius 2 is 1.70 bits per heavy atom. The summed E-state index contributed by atoms with van der Waals surface area (Å²) >= 11 is 0. The normalized spacial score (nSPS) is 11.0. The lowest BCUT2D eigenvalue weighted by atomic mass is 10.0. The van der Waals surface area contributed by atoms with E-state index < -0.39 is 16.8 Å². The van der Waals surface area contributed by atoms with Gasteiger partial charge >= 0.3 is 5.97 Å². The van der Waals surface area contributed by atoms with Gasteiger partial charge in [0.2, 0.25) is 10.9 Å². The highest BCUT2D eigenvalue weighted by atomic mass is 16.7. The zero-order valence-corrected chi connectivity index (χ0v) is 18.0. The van der Waals surface area contributed by atoms with Crippen molar-refractivity contribution in [3.8, 4) is 0 Å². The maximum absolute atomic E-state index is 13.1. The van der Waals surface area contributed by atoms with Gasteiger partial charge in [-0.3, -0.25) is 19.2 Å². The van der Waals surface area contributed by atoms with E-state index in [2.05, 4.69) is 4.98 Å². The third kappa shape index (κ3) is 4.04. The molecule has 0 radical (unpaired) electrons. The van der Waals surface area contributed by atoms with Crippen LogP contribution in [-0.4, -0.2) is 31.0 Å². The lowest BCUT2D eigenvalue weighted by molar-refractivity contribution is 0.0600. The number of hydrogen-bond acceptors (Lipinski definition) is 8. The number of fused-ring (bicyclic) bond motifs is 1. The third-order valence-corrected chi connectivity index (χ3v) is 5.42. The average Bonchev–Trinajstić information content (AvgIpc) is 2.87. The number of carbonyl (C=O) groups excluding carboxylic acids is 2. The smallest absolute Gasteiger partial charge is 0.337 e. The molecule has 0 spiro atoms. The lowest BCUT2D eigenvalue weighted by Crippen LogP contribution is -2.33. The first-order chi connectivity index (χ1) is 16.0. The molecule has 8 nitrogen and oxygen atoms in total. The van der Waals surface area contributed by atoms with Crippen molar-refractivity contribution in [3.63, 3.8) is 0 Å². The third-order valence-electron chi connectivity index (χ3n) is 5.42. The van der Waals surface area contributed by atoms with Crippen molar-refractivity contribution in [2.45, 2.75) is 12.8 Å². The fraction of sp³-hybridized carbons (Fsp3) is 0.160. The standard InChI is InChI=1S/C25H20N2O6/c1-32-25(31)16-11-8-15(9-12-16)10-13-20(28)17-6-4-14-26-24(17)27(33-2)19-7-3-5-18-21(19)23(30)22(18)29/h3-9,11-12,14H,10,13H2,1-2H3. The Kier molecular flexibility index (Phi) is 6.10. The molecule has 8 heteroatoms. The first kappa shape index (κ1) is 22.0. The highest BCUT2D eigenvalue weighted by Gasteiger charge is 2.25. The van der Waals surface area contributed by atoms with Gasteiger partial charge in [-0.15, -0.1) is 0 Å². The van der Waals surface area contributed by atoms with E-state index in [1.165, 1.54) is 25.5 Å². The second-order valence-electron chi connectivity index (χ2n) is 7.32. The number of anilines is 2. The van der Waals surface area contributed by atoms with Crippen molar-refractivity contribution in [1.82, 2.24) is 4.98 Å². The zero-order chi connectivity index (χ0) is 23.5. The number of aryl methyl sites for hydroxylation is 1. The van der Waals surface area contributed by atoms with Gasteiger partial charge in [-0.05, 0) is 42.3 Å². The Labute approximate surface area is 188 Å². The molecule has 0 unspecified atom stereocenters. The Bertz CT molecular complexity index is 1420. The summed E-state index contributed by atoms with van der Waals surface area (Å²) in [7, 11) is 2.72. The van der Waals surface area contributed by atoms with Gasteiger partial charge in [-0.2, -0.15) is 0 Å². The van der Waals surface area contributed by atoms with E-state index in [-0.39, 0.29) is 23.4 Å². The van der Waals surface area contributed by atoms with Gasteiger partial charge in [0.05, 0.1) is 36.4 Å². The summed E-state index contributed by atoms with van der Waals surface area (Å²) in [6.07, 6.45) is 2.17. The molecule has 0 atom stereocenters. The van der Waals surface area contributed by atoms with Crippen LogP contribution in [0.3, 0.4) is 0 Å². The molecule has 1 aromatic heterocycles. The number of esters is 1. The van der Waals surface area contributed by atoms with Crippen molar-refractivity contribution in [2.75, 3.05) is 19.3 Å². The van der Waals surface area contributed by atoms with Gasteiger partial charge < -0.3 is 4.74 Å². The van der Waals surface area contributed by atoms with Gasteiger partial charge in [0.15, 0.2) is 11.6 Å². The first-order valence-electron chi connectivity index (χ1n) is 10.2. The van der Waals surface area contributed by atoms with Crippen LogP contribution in [0.5, 0.6) is 0 Å². The molecule has 33 heavy (non-hydrogen) atoms. The summed E-state index contributed by atoms with van der Waals surface area (Å²) in [5.41, 5.74) is 0.858. The molecule has 4 rings (SSSR count).